The van der Waals surface area contributed by atoms with Crippen molar-refractivity contribution in [3.05, 3.63) is 65.5 Å². The highest BCUT2D eigenvalue weighted by Gasteiger charge is 2.32. The van der Waals surface area contributed by atoms with Gasteiger partial charge in [-0.2, -0.15) is 9.41 Å². The predicted octanol–water partition coefficient (Wildman–Crippen LogP) is 4.05. The van der Waals surface area contributed by atoms with Crippen LogP contribution in [0.5, 0.6) is 0 Å². The number of anilines is 1. The van der Waals surface area contributed by atoms with Gasteiger partial charge in [-0.1, -0.05) is 42.5 Å². The molecule has 1 N–H and O–H groups in total. The van der Waals surface area contributed by atoms with E-state index in [2.05, 4.69) is 15.5 Å². The molecular formula is C22H24N4O3S2. The van der Waals surface area contributed by atoms with Gasteiger partial charge in [0.25, 0.3) is 0 Å². The van der Waals surface area contributed by atoms with Gasteiger partial charge in [0.1, 0.15) is 0 Å². The van der Waals surface area contributed by atoms with E-state index in [1.54, 1.807) is 24.4 Å². The number of hydrazone groups is 1. The van der Waals surface area contributed by atoms with Crippen LogP contribution in [0.15, 0.2) is 70.0 Å². The van der Waals surface area contributed by atoms with Gasteiger partial charge in [-0.15, -0.1) is 11.3 Å². The average molecular weight is 457 g/mol. The van der Waals surface area contributed by atoms with E-state index >= 15 is 0 Å². The van der Waals surface area contributed by atoms with Crippen molar-refractivity contribution < 1.29 is 13.2 Å². The third-order valence-electron chi connectivity index (χ3n) is 4.83. The number of morpholine rings is 1. The molecule has 2 unspecified atom stereocenters. The largest absolute Gasteiger partial charge is 0.373 e. The molecule has 1 aliphatic rings. The van der Waals surface area contributed by atoms with Gasteiger partial charge >= 0.3 is 0 Å². The van der Waals surface area contributed by atoms with Crippen molar-refractivity contribution in [1.29, 1.82) is 0 Å². The van der Waals surface area contributed by atoms with E-state index in [0.717, 1.165) is 11.1 Å². The summed E-state index contributed by atoms with van der Waals surface area (Å²) in [5.41, 5.74) is 5.35. The Labute approximate surface area is 186 Å². The molecule has 9 heteroatoms. The number of ether oxygens (including phenoxy) is 1. The third kappa shape index (κ3) is 5.19. The fourth-order valence-corrected chi connectivity index (χ4v) is 5.76. The normalized spacial score (nSPS) is 20.2. The van der Waals surface area contributed by atoms with Gasteiger partial charge in [-0.25, -0.2) is 13.4 Å². The number of aromatic nitrogens is 1. The van der Waals surface area contributed by atoms with Gasteiger partial charge < -0.3 is 4.74 Å². The topological polar surface area (TPSA) is 83.9 Å². The van der Waals surface area contributed by atoms with Gasteiger partial charge in [-0.05, 0) is 31.5 Å². The van der Waals surface area contributed by atoms with E-state index in [1.165, 1.54) is 15.6 Å². The molecule has 31 heavy (non-hydrogen) atoms. The highest BCUT2D eigenvalue weighted by molar-refractivity contribution is 7.89. The Morgan fingerprint density at radius 2 is 1.87 bits per heavy atom. The monoisotopic (exact) mass is 456 g/mol. The molecule has 0 bridgehead atoms. The Bertz CT molecular complexity index is 1150. The zero-order chi connectivity index (χ0) is 21.8. The van der Waals surface area contributed by atoms with Gasteiger partial charge in [0.2, 0.25) is 15.2 Å². The number of nitrogens with one attached hydrogen (secondary N) is 1. The molecule has 162 valence electrons. The van der Waals surface area contributed by atoms with Crippen molar-refractivity contribution in [3.63, 3.8) is 0 Å². The number of benzene rings is 2. The van der Waals surface area contributed by atoms with E-state index in [0.29, 0.717) is 23.9 Å². The van der Waals surface area contributed by atoms with Crippen LogP contribution in [0.4, 0.5) is 5.13 Å². The second-order valence-corrected chi connectivity index (χ2v) is 10.2. The van der Waals surface area contributed by atoms with Crippen molar-refractivity contribution in [3.8, 4) is 11.3 Å². The lowest BCUT2D eigenvalue weighted by Crippen LogP contribution is -2.48. The lowest BCUT2D eigenvalue weighted by Gasteiger charge is -2.34. The number of hydrogen-bond acceptors (Lipinski definition) is 7. The number of sulfonamides is 1. The first-order chi connectivity index (χ1) is 14.9. The van der Waals surface area contributed by atoms with E-state index in [-0.39, 0.29) is 17.1 Å². The van der Waals surface area contributed by atoms with Crippen LogP contribution in [0, 0.1) is 0 Å². The predicted molar refractivity (Wildman–Crippen MR) is 124 cm³/mol. The van der Waals surface area contributed by atoms with Gasteiger partial charge in [0, 0.05) is 24.0 Å². The van der Waals surface area contributed by atoms with Crippen LogP contribution in [0.3, 0.4) is 0 Å². The van der Waals surface area contributed by atoms with E-state index in [4.69, 9.17) is 4.74 Å². The van der Waals surface area contributed by atoms with Crippen molar-refractivity contribution in [2.24, 2.45) is 5.10 Å². The summed E-state index contributed by atoms with van der Waals surface area (Å²) in [7, 11) is -3.61. The standard InChI is InChI=1S/C22H24N4O3S2/c1-16-13-26(14-17(2)29-16)31(27,28)20-10-6-9-19(11-20)21-15-30-22(24-21)25-23-12-18-7-4-3-5-8-18/h3-12,15-17H,13-14H2,1-2H3,(H,24,25)/b23-12+. The number of nitrogens with zero attached hydrogens (tertiary/aromatic N) is 3. The minimum Gasteiger partial charge on any atom is -0.373 e. The molecule has 1 fully saturated rings. The van der Waals surface area contributed by atoms with Gasteiger partial charge in [0.15, 0.2) is 0 Å². The first kappa shape index (κ1) is 21.6. The first-order valence-corrected chi connectivity index (χ1v) is 12.3. The summed E-state index contributed by atoms with van der Waals surface area (Å²) in [5.74, 6) is 0. The zero-order valence-electron chi connectivity index (χ0n) is 17.3. The lowest BCUT2D eigenvalue weighted by atomic mass is 10.2. The fraction of sp³-hybridized carbons (Fsp3) is 0.273. The molecule has 4 rings (SSSR count). The second-order valence-electron chi connectivity index (χ2n) is 7.43. The molecule has 1 saturated heterocycles. The smallest absolute Gasteiger partial charge is 0.243 e. The molecule has 1 aliphatic heterocycles. The van der Waals surface area contributed by atoms with Crippen LogP contribution in [0.25, 0.3) is 11.3 Å². The summed E-state index contributed by atoms with van der Waals surface area (Å²) in [6.45, 7) is 4.47. The summed E-state index contributed by atoms with van der Waals surface area (Å²) >= 11 is 1.41. The molecule has 3 aromatic rings. The molecule has 0 spiro atoms. The van der Waals surface area contributed by atoms with Crippen LogP contribution in [-0.2, 0) is 14.8 Å². The highest BCUT2D eigenvalue weighted by Crippen LogP contribution is 2.28. The second kappa shape index (κ2) is 9.27. The fourth-order valence-electron chi connectivity index (χ4n) is 3.45. The summed E-state index contributed by atoms with van der Waals surface area (Å²) in [6, 6.07) is 16.7. The Hall–Kier alpha value is -2.59. The highest BCUT2D eigenvalue weighted by atomic mass is 32.2. The van der Waals surface area contributed by atoms with Crippen molar-refractivity contribution in [2.75, 3.05) is 18.5 Å². The molecule has 0 saturated carbocycles. The maximum atomic E-state index is 13.2. The van der Waals surface area contributed by atoms with Crippen molar-refractivity contribution in [2.45, 2.75) is 31.0 Å². The molecule has 0 amide bonds. The van der Waals surface area contributed by atoms with Crippen LogP contribution in [-0.4, -0.2) is 49.2 Å². The molecular weight excluding hydrogens is 432 g/mol. The summed E-state index contributed by atoms with van der Waals surface area (Å²) in [5, 5.41) is 6.72. The molecule has 0 aliphatic carbocycles. The van der Waals surface area contributed by atoms with Crippen LogP contribution in [0.2, 0.25) is 0 Å². The maximum absolute atomic E-state index is 13.2. The zero-order valence-corrected chi connectivity index (χ0v) is 18.9. The molecule has 2 aromatic carbocycles. The summed E-state index contributed by atoms with van der Waals surface area (Å²) in [6.07, 6.45) is 1.45. The Balaban J connectivity index is 1.50. The average Bonchev–Trinajstić information content (AvgIpc) is 3.23. The third-order valence-corrected chi connectivity index (χ3v) is 7.41. The van der Waals surface area contributed by atoms with Crippen molar-refractivity contribution in [1.82, 2.24) is 9.29 Å². The molecule has 2 heterocycles. The first-order valence-electron chi connectivity index (χ1n) is 9.97. The SMILES string of the molecule is CC1CN(S(=O)(=O)c2cccc(-c3csc(N/N=C/c4ccccc4)n3)c2)CC(C)O1. The Morgan fingerprint density at radius 1 is 1.13 bits per heavy atom. The Morgan fingerprint density at radius 3 is 2.61 bits per heavy atom. The number of hydrogen-bond donors (Lipinski definition) is 1. The number of thiazole rings is 1. The van der Waals surface area contributed by atoms with E-state index in [9.17, 15) is 8.42 Å². The lowest BCUT2D eigenvalue weighted by molar-refractivity contribution is -0.0440. The summed E-state index contributed by atoms with van der Waals surface area (Å²) < 4.78 is 33.5. The van der Waals surface area contributed by atoms with Crippen molar-refractivity contribution >= 4 is 32.7 Å². The van der Waals surface area contributed by atoms with Gasteiger partial charge in [0.05, 0.1) is 29.0 Å². The Kier molecular flexibility index (Phi) is 6.47. The van der Waals surface area contributed by atoms with E-state index < -0.39 is 10.0 Å². The van der Waals surface area contributed by atoms with E-state index in [1.807, 2.05) is 55.6 Å². The van der Waals surface area contributed by atoms with Gasteiger partial charge in [-0.3, -0.25) is 5.43 Å². The maximum Gasteiger partial charge on any atom is 0.243 e. The van der Waals surface area contributed by atoms with Crippen LogP contribution < -0.4 is 5.43 Å². The number of rotatable bonds is 6. The quantitative estimate of drug-likeness (QED) is 0.447. The molecule has 1 aromatic heterocycles. The molecule has 0 radical (unpaired) electrons. The molecule has 2 atom stereocenters. The summed E-state index contributed by atoms with van der Waals surface area (Å²) in [4.78, 5) is 4.80. The minimum atomic E-state index is -3.61. The van der Waals surface area contributed by atoms with Crippen LogP contribution >= 0.6 is 11.3 Å². The molecule has 7 nitrogen and oxygen atoms in total. The van der Waals surface area contributed by atoms with Crippen LogP contribution in [0.1, 0.15) is 19.4 Å². The minimum absolute atomic E-state index is 0.134.